The van der Waals surface area contributed by atoms with E-state index in [1.165, 1.54) is 0 Å². The fourth-order valence-corrected chi connectivity index (χ4v) is 2.10. The van der Waals surface area contributed by atoms with Crippen LogP contribution in [-0.4, -0.2) is 23.3 Å². The van der Waals surface area contributed by atoms with Crippen LogP contribution in [0.5, 0.6) is 0 Å². The molecule has 1 aromatic heterocycles. The fourth-order valence-electron chi connectivity index (χ4n) is 2.10. The van der Waals surface area contributed by atoms with Crippen molar-refractivity contribution in [3.63, 3.8) is 0 Å². The molecule has 1 aliphatic heterocycles. The second-order valence-corrected chi connectivity index (χ2v) is 6.21. The van der Waals surface area contributed by atoms with Crippen molar-refractivity contribution in [1.29, 1.82) is 0 Å². The molecule has 0 unspecified atom stereocenters. The van der Waals surface area contributed by atoms with Crippen LogP contribution in [-0.2, 0) is 15.9 Å². The molecule has 0 atom stereocenters. The largest absolute Gasteiger partial charge is 0.487 e. The zero-order valence-electron chi connectivity index (χ0n) is 12.9. The van der Waals surface area contributed by atoms with E-state index in [0.29, 0.717) is 6.54 Å². The standard InChI is InChI=1S/C15H23BN2O2/c1-11-8-13(9-17)12(10-18-11)6-7-16-19-14(2,3)15(4,5)20-16/h6-8,10H,9,17H2,1-5H3/b7-6+. The second-order valence-electron chi connectivity index (χ2n) is 6.21. The van der Waals surface area contributed by atoms with Crippen LogP contribution < -0.4 is 5.73 Å². The summed E-state index contributed by atoms with van der Waals surface area (Å²) >= 11 is 0. The molecule has 2 rings (SSSR count). The van der Waals surface area contributed by atoms with Gasteiger partial charge in [-0.25, -0.2) is 0 Å². The number of aryl methyl sites for hydroxylation is 1. The minimum atomic E-state index is -0.341. The third-order valence-electron chi connectivity index (χ3n) is 4.09. The summed E-state index contributed by atoms with van der Waals surface area (Å²) in [4.78, 5) is 4.30. The number of hydrogen-bond donors (Lipinski definition) is 1. The van der Waals surface area contributed by atoms with Crippen LogP contribution in [0.3, 0.4) is 0 Å². The van der Waals surface area contributed by atoms with Gasteiger partial charge in [-0.2, -0.15) is 0 Å². The second kappa shape index (κ2) is 5.32. The Morgan fingerprint density at radius 3 is 2.40 bits per heavy atom. The molecule has 5 heteroatoms. The minimum absolute atomic E-state index is 0.315. The van der Waals surface area contributed by atoms with Gasteiger partial charge in [0.1, 0.15) is 0 Å². The molecule has 0 saturated carbocycles. The summed E-state index contributed by atoms with van der Waals surface area (Å²) in [5.74, 6) is 1.92. The molecule has 1 aromatic rings. The Labute approximate surface area is 121 Å². The molecular weight excluding hydrogens is 251 g/mol. The molecule has 0 amide bonds. The van der Waals surface area contributed by atoms with Crippen LogP contribution in [0.4, 0.5) is 0 Å². The molecule has 0 radical (unpaired) electrons. The van der Waals surface area contributed by atoms with Crippen molar-refractivity contribution in [2.45, 2.75) is 52.4 Å². The molecule has 0 bridgehead atoms. The molecule has 20 heavy (non-hydrogen) atoms. The van der Waals surface area contributed by atoms with Crippen molar-refractivity contribution < 1.29 is 9.31 Å². The summed E-state index contributed by atoms with van der Waals surface area (Å²) in [7, 11) is -0.341. The Morgan fingerprint density at radius 1 is 1.25 bits per heavy atom. The summed E-state index contributed by atoms with van der Waals surface area (Å²) in [6, 6.07) is 2.00. The van der Waals surface area contributed by atoms with Crippen molar-refractivity contribution in [2.24, 2.45) is 5.73 Å². The number of nitrogens with two attached hydrogens (primary N) is 1. The van der Waals surface area contributed by atoms with E-state index in [-0.39, 0.29) is 18.3 Å². The van der Waals surface area contributed by atoms with Gasteiger partial charge >= 0.3 is 7.12 Å². The molecule has 0 aliphatic carbocycles. The highest BCUT2D eigenvalue weighted by Gasteiger charge is 2.49. The lowest BCUT2D eigenvalue weighted by Gasteiger charge is -2.32. The predicted molar refractivity (Wildman–Crippen MR) is 82.0 cm³/mol. The first kappa shape index (κ1) is 15.2. The van der Waals surface area contributed by atoms with E-state index < -0.39 is 0 Å². The highest BCUT2D eigenvalue weighted by Crippen LogP contribution is 2.37. The van der Waals surface area contributed by atoms with Gasteiger partial charge in [0.05, 0.1) is 11.2 Å². The lowest BCUT2D eigenvalue weighted by molar-refractivity contribution is 0.00578. The van der Waals surface area contributed by atoms with Crippen molar-refractivity contribution >= 4 is 13.2 Å². The number of nitrogens with zero attached hydrogens (tertiary/aromatic N) is 1. The highest BCUT2D eigenvalue weighted by atomic mass is 16.7. The van der Waals surface area contributed by atoms with E-state index in [1.54, 1.807) is 0 Å². The SMILES string of the molecule is Cc1cc(CN)c(/C=C/B2OC(C)(C)C(C)(C)O2)cn1. The third-order valence-corrected chi connectivity index (χ3v) is 4.09. The molecule has 1 fully saturated rings. The maximum Gasteiger partial charge on any atom is 0.487 e. The Morgan fingerprint density at radius 2 is 1.85 bits per heavy atom. The Kier molecular flexibility index (Phi) is 4.05. The average molecular weight is 274 g/mol. The molecule has 0 spiro atoms. The summed E-state index contributed by atoms with van der Waals surface area (Å²) in [6.07, 6.45) is 3.80. The third kappa shape index (κ3) is 2.95. The van der Waals surface area contributed by atoms with E-state index in [1.807, 2.05) is 58.9 Å². The normalized spacial score (nSPS) is 20.8. The lowest BCUT2D eigenvalue weighted by atomic mass is 9.88. The van der Waals surface area contributed by atoms with Crippen LogP contribution in [0.25, 0.3) is 6.08 Å². The predicted octanol–water partition coefficient (Wildman–Crippen LogP) is 2.49. The maximum absolute atomic E-state index is 5.92. The quantitative estimate of drug-likeness (QED) is 0.860. The summed E-state index contributed by atoms with van der Waals surface area (Å²) in [6.45, 7) is 10.6. The number of rotatable bonds is 3. The van der Waals surface area contributed by atoms with Crippen molar-refractivity contribution in [1.82, 2.24) is 4.98 Å². The molecule has 1 saturated heterocycles. The van der Waals surface area contributed by atoms with Crippen molar-refractivity contribution in [2.75, 3.05) is 0 Å². The van der Waals surface area contributed by atoms with Crippen LogP contribution in [0.15, 0.2) is 18.2 Å². The highest BCUT2D eigenvalue weighted by molar-refractivity contribution is 6.52. The molecule has 2 N–H and O–H groups in total. The lowest BCUT2D eigenvalue weighted by Crippen LogP contribution is -2.41. The van der Waals surface area contributed by atoms with Gasteiger partial charge < -0.3 is 15.0 Å². The topological polar surface area (TPSA) is 57.4 Å². The zero-order chi connectivity index (χ0) is 15.0. The van der Waals surface area contributed by atoms with Gasteiger partial charge in [0.15, 0.2) is 0 Å². The van der Waals surface area contributed by atoms with E-state index >= 15 is 0 Å². The van der Waals surface area contributed by atoms with Crippen molar-refractivity contribution in [3.05, 3.63) is 35.1 Å². The van der Waals surface area contributed by atoms with Crippen molar-refractivity contribution in [3.8, 4) is 0 Å². The summed E-state index contributed by atoms with van der Waals surface area (Å²) in [5.41, 5.74) is 8.19. The van der Waals surface area contributed by atoms with Gasteiger partial charge in [-0.3, -0.25) is 4.98 Å². The first-order valence-electron chi connectivity index (χ1n) is 6.94. The first-order chi connectivity index (χ1) is 9.25. The van der Waals surface area contributed by atoms with Gasteiger partial charge in [0.2, 0.25) is 0 Å². The van der Waals surface area contributed by atoms with Gasteiger partial charge in [-0.05, 0) is 51.8 Å². The average Bonchev–Trinajstić information content (AvgIpc) is 2.56. The van der Waals surface area contributed by atoms with Gasteiger partial charge in [-0.1, -0.05) is 12.1 Å². The first-order valence-corrected chi connectivity index (χ1v) is 6.94. The number of hydrogen-bond acceptors (Lipinski definition) is 4. The van der Waals surface area contributed by atoms with Crippen LogP contribution >= 0.6 is 0 Å². The molecule has 108 valence electrons. The Balaban J connectivity index is 2.16. The van der Waals surface area contributed by atoms with E-state index in [0.717, 1.165) is 16.8 Å². The molecule has 2 heterocycles. The van der Waals surface area contributed by atoms with Gasteiger partial charge in [0.25, 0.3) is 0 Å². The Hall–Kier alpha value is -1.17. The van der Waals surface area contributed by atoms with E-state index in [4.69, 9.17) is 15.0 Å². The minimum Gasteiger partial charge on any atom is -0.400 e. The summed E-state index contributed by atoms with van der Waals surface area (Å²) < 4.78 is 11.8. The molecule has 1 aliphatic rings. The van der Waals surface area contributed by atoms with Gasteiger partial charge in [0, 0.05) is 18.4 Å². The van der Waals surface area contributed by atoms with Crippen LogP contribution in [0.2, 0.25) is 0 Å². The smallest absolute Gasteiger partial charge is 0.400 e. The van der Waals surface area contributed by atoms with E-state index in [2.05, 4.69) is 4.98 Å². The molecular formula is C15H23BN2O2. The number of pyridine rings is 1. The van der Waals surface area contributed by atoms with Crippen LogP contribution in [0, 0.1) is 6.92 Å². The van der Waals surface area contributed by atoms with Crippen LogP contribution in [0.1, 0.15) is 44.5 Å². The molecule has 0 aromatic carbocycles. The number of aromatic nitrogens is 1. The fraction of sp³-hybridized carbons (Fsp3) is 0.533. The van der Waals surface area contributed by atoms with Gasteiger partial charge in [-0.15, -0.1) is 0 Å². The zero-order valence-corrected chi connectivity index (χ0v) is 12.9. The van der Waals surface area contributed by atoms with E-state index in [9.17, 15) is 0 Å². The Bertz CT molecular complexity index is 511. The molecule has 4 nitrogen and oxygen atoms in total. The summed E-state index contributed by atoms with van der Waals surface area (Å²) in [5, 5.41) is 0. The maximum atomic E-state index is 5.92. The monoisotopic (exact) mass is 274 g/mol.